The molecule has 1 unspecified atom stereocenters. The Labute approximate surface area is 131 Å². The Balaban J connectivity index is 1.50. The Hall–Kier alpha value is -0.460. The third kappa shape index (κ3) is 2.45. The lowest BCUT2D eigenvalue weighted by atomic mass is 9.48. The highest BCUT2D eigenvalue weighted by molar-refractivity contribution is 7.94. The maximum Gasteiger partial charge on any atom is 0.322 e. The van der Waals surface area contributed by atoms with Crippen molar-refractivity contribution in [2.45, 2.75) is 49.8 Å². The lowest BCUT2D eigenvalue weighted by Gasteiger charge is -2.55. The van der Waals surface area contributed by atoms with Gasteiger partial charge in [0, 0.05) is 16.6 Å². The van der Waals surface area contributed by atoms with Gasteiger partial charge in [0.25, 0.3) is 0 Å². The summed E-state index contributed by atoms with van der Waals surface area (Å²) in [5.41, 5.74) is -0.149. The highest BCUT2D eigenvalue weighted by Gasteiger charge is 2.55. The van der Waals surface area contributed by atoms with E-state index in [1.54, 1.807) is 0 Å². The Bertz CT molecular complexity index is 536. The van der Waals surface area contributed by atoms with Gasteiger partial charge in [0.05, 0.1) is 0 Å². The number of carbonyl (C=O) groups is 1. The summed E-state index contributed by atoms with van der Waals surface area (Å²) in [6.07, 6.45) is 7.11. The number of Topliss-reactive ketones (excluding diaryl/α,β-unsaturated/α-hetero) is 1. The monoisotopic (exact) mass is 324 g/mol. The van der Waals surface area contributed by atoms with Crippen molar-refractivity contribution >= 4 is 28.3 Å². The standard InChI is InChI=1S/C15H20N2O2S2/c1-9-16-17-14(20-9)21(19)8-13(18)15-5-10-2-11(6-15)4-12(3-10)7-15/h10-12H,2-8H2,1H3. The summed E-state index contributed by atoms with van der Waals surface area (Å²) in [5.74, 6) is 2.61. The number of carbonyl (C=O) groups excluding carboxylic acids is 1. The molecule has 1 atom stereocenters. The van der Waals surface area contributed by atoms with E-state index in [0.29, 0.717) is 4.34 Å². The number of rotatable bonds is 4. The van der Waals surface area contributed by atoms with Gasteiger partial charge in [0.2, 0.25) is 0 Å². The van der Waals surface area contributed by atoms with Crippen LogP contribution < -0.4 is 0 Å². The first-order chi connectivity index (χ1) is 10.0. The van der Waals surface area contributed by atoms with Gasteiger partial charge in [-0.3, -0.25) is 4.79 Å². The lowest BCUT2D eigenvalue weighted by molar-refractivity contribution is -0.141. The Morgan fingerprint density at radius 2 is 1.81 bits per heavy atom. The third-order valence-corrected chi connectivity index (χ3v) is 8.03. The summed E-state index contributed by atoms with van der Waals surface area (Å²) in [4.78, 5) is 12.9. The van der Waals surface area contributed by atoms with E-state index in [1.165, 1.54) is 30.6 Å². The van der Waals surface area contributed by atoms with Crippen molar-refractivity contribution < 1.29 is 9.35 Å². The second-order valence-electron chi connectivity index (χ2n) is 7.20. The van der Waals surface area contributed by atoms with Crippen LogP contribution in [0, 0.1) is 30.1 Å². The van der Waals surface area contributed by atoms with Crippen molar-refractivity contribution in [1.29, 1.82) is 0 Å². The molecular weight excluding hydrogens is 304 g/mol. The number of ketones is 1. The van der Waals surface area contributed by atoms with Gasteiger partial charge in [-0.05, 0) is 74.5 Å². The van der Waals surface area contributed by atoms with E-state index in [-0.39, 0.29) is 17.0 Å². The predicted molar refractivity (Wildman–Crippen MR) is 81.5 cm³/mol. The second kappa shape index (κ2) is 5.03. The zero-order valence-electron chi connectivity index (χ0n) is 12.2. The van der Waals surface area contributed by atoms with Crippen LogP contribution in [0.4, 0.5) is 0 Å². The van der Waals surface area contributed by atoms with E-state index in [1.807, 2.05) is 6.92 Å². The molecule has 0 N–H and O–H groups in total. The Morgan fingerprint density at radius 3 is 2.29 bits per heavy atom. The molecule has 0 aliphatic heterocycles. The fourth-order valence-electron chi connectivity index (χ4n) is 5.16. The molecule has 4 aliphatic rings. The normalized spacial score (nSPS) is 38.7. The van der Waals surface area contributed by atoms with Crippen LogP contribution in [-0.2, 0) is 16.0 Å². The van der Waals surface area contributed by atoms with Crippen molar-refractivity contribution in [3.05, 3.63) is 5.01 Å². The van der Waals surface area contributed by atoms with Crippen LogP contribution in [0.15, 0.2) is 4.34 Å². The molecule has 4 nitrogen and oxygen atoms in total. The minimum Gasteiger partial charge on any atom is -0.609 e. The van der Waals surface area contributed by atoms with Crippen molar-refractivity contribution in [1.82, 2.24) is 10.2 Å². The molecule has 5 rings (SSSR count). The van der Waals surface area contributed by atoms with Crippen molar-refractivity contribution in [3.63, 3.8) is 0 Å². The predicted octanol–water partition coefficient (Wildman–Crippen LogP) is 2.74. The van der Waals surface area contributed by atoms with Crippen LogP contribution in [0.2, 0.25) is 0 Å². The number of hydrogen-bond acceptors (Lipinski definition) is 5. The highest BCUT2D eigenvalue weighted by Crippen LogP contribution is 2.60. The molecule has 0 aromatic carbocycles. The topological polar surface area (TPSA) is 65.9 Å². The molecule has 0 radical (unpaired) electrons. The van der Waals surface area contributed by atoms with Gasteiger partial charge in [0.15, 0.2) is 11.5 Å². The molecule has 0 spiro atoms. The molecule has 21 heavy (non-hydrogen) atoms. The van der Waals surface area contributed by atoms with Gasteiger partial charge < -0.3 is 4.55 Å². The van der Waals surface area contributed by atoms with E-state index < -0.39 is 11.2 Å². The van der Waals surface area contributed by atoms with Crippen LogP contribution in [0.3, 0.4) is 0 Å². The molecule has 0 saturated heterocycles. The first-order valence-corrected chi connectivity index (χ1v) is 9.89. The Kier molecular flexibility index (Phi) is 3.39. The quantitative estimate of drug-likeness (QED) is 0.799. The first-order valence-electron chi connectivity index (χ1n) is 7.76. The molecule has 1 aromatic rings. The van der Waals surface area contributed by atoms with Crippen molar-refractivity contribution in [2.24, 2.45) is 23.2 Å². The molecular formula is C15H20N2O2S2. The maximum absolute atomic E-state index is 12.9. The summed E-state index contributed by atoms with van der Waals surface area (Å²) < 4.78 is 12.9. The lowest BCUT2D eigenvalue weighted by Crippen LogP contribution is -2.51. The number of aryl methyl sites for hydroxylation is 1. The SMILES string of the molecule is Cc1nnc([S+]([O-])CC(=O)C23CC4CC(CC(C4)C2)C3)s1. The maximum atomic E-state index is 12.9. The van der Waals surface area contributed by atoms with Gasteiger partial charge in [-0.15, -0.1) is 5.10 Å². The van der Waals surface area contributed by atoms with Crippen LogP contribution in [0.5, 0.6) is 0 Å². The number of aromatic nitrogens is 2. The van der Waals surface area contributed by atoms with Crippen molar-refractivity contribution in [2.75, 3.05) is 5.75 Å². The molecule has 4 saturated carbocycles. The van der Waals surface area contributed by atoms with E-state index in [2.05, 4.69) is 10.2 Å². The van der Waals surface area contributed by atoms with Gasteiger partial charge in [-0.2, -0.15) is 0 Å². The third-order valence-electron chi connectivity index (χ3n) is 5.59. The average Bonchev–Trinajstić information content (AvgIpc) is 2.84. The van der Waals surface area contributed by atoms with E-state index in [0.717, 1.165) is 42.0 Å². The van der Waals surface area contributed by atoms with E-state index in [9.17, 15) is 9.35 Å². The average molecular weight is 324 g/mol. The van der Waals surface area contributed by atoms with E-state index >= 15 is 0 Å². The molecule has 1 aromatic heterocycles. The minimum absolute atomic E-state index is 0.140. The van der Waals surface area contributed by atoms with Gasteiger partial charge in [-0.1, -0.05) is 5.10 Å². The second-order valence-corrected chi connectivity index (χ2v) is 10.0. The molecule has 6 heteroatoms. The number of hydrogen-bond donors (Lipinski definition) is 0. The van der Waals surface area contributed by atoms with Crippen LogP contribution in [0.1, 0.15) is 43.5 Å². The highest BCUT2D eigenvalue weighted by atomic mass is 32.2. The largest absolute Gasteiger partial charge is 0.609 e. The van der Waals surface area contributed by atoms with Crippen LogP contribution in [-0.4, -0.2) is 26.3 Å². The fraction of sp³-hybridized carbons (Fsp3) is 0.800. The Morgan fingerprint density at radius 1 is 1.24 bits per heavy atom. The molecule has 4 fully saturated rings. The fourth-order valence-corrected chi connectivity index (χ4v) is 7.28. The summed E-state index contributed by atoms with van der Waals surface area (Å²) in [6, 6.07) is 0. The zero-order valence-corrected chi connectivity index (χ0v) is 13.8. The summed E-state index contributed by atoms with van der Waals surface area (Å²) >= 11 is 0.0302. The number of nitrogens with zero attached hydrogens (tertiary/aromatic N) is 2. The molecule has 1 heterocycles. The van der Waals surface area contributed by atoms with Crippen molar-refractivity contribution in [3.8, 4) is 0 Å². The first kappa shape index (κ1) is 14.2. The van der Waals surface area contributed by atoms with E-state index in [4.69, 9.17) is 0 Å². The van der Waals surface area contributed by atoms with Gasteiger partial charge >= 0.3 is 4.34 Å². The summed E-state index contributed by atoms with van der Waals surface area (Å²) in [6.45, 7) is 1.85. The molecule has 4 aliphatic carbocycles. The minimum atomic E-state index is -1.31. The molecule has 0 amide bonds. The van der Waals surface area contributed by atoms with Crippen LogP contribution in [0.25, 0.3) is 0 Å². The molecule has 114 valence electrons. The summed E-state index contributed by atoms with van der Waals surface area (Å²) in [7, 11) is 0. The zero-order chi connectivity index (χ0) is 14.6. The van der Waals surface area contributed by atoms with Crippen LogP contribution >= 0.6 is 11.3 Å². The summed E-state index contributed by atoms with van der Waals surface area (Å²) in [5, 5.41) is 8.64. The smallest absolute Gasteiger partial charge is 0.322 e. The molecule has 4 bridgehead atoms. The van der Waals surface area contributed by atoms with Gasteiger partial charge in [0.1, 0.15) is 5.01 Å². The van der Waals surface area contributed by atoms with Gasteiger partial charge in [-0.25, -0.2) is 0 Å².